The molecule has 5 nitrogen and oxygen atoms in total. The number of allylic oxidation sites excluding steroid dienone is 8. The first-order chi connectivity index (χ1) is 19.7. The van der Waals surface area contributed by atoms with Gasteiger partial charge in [-0.15, -0.1) is 0 Å². The van der Waals surface area contributed by atoms with Crippen LogP contribution in [-0.2, 0) is 0 Å². The van der Waals surface area contributed by atoms with E-state index in [1.54, 1.807) is 12.1 Å². The number of rotatable bonds is 8. The van der Waals surface area contributed by atoms with Gasteiger partial charge in [-0.25, -0.2) is 4.79 Å². The van der Waals surface area contributed by atoms with Gasteiger partial charge in [-0.2, -0.15) is 0 Å². The number of fused-ring (bicyclic) bond motifs is 1. The highest BCUT2D eigenvalue weighted by Crippen LogP contribution is 2.46. The summed E-state index contributed by atoms with van der Waals surface area (Å²) in [7, 11) is 0. The Morgan fingerprint density at radius 2 is 1.93 bits per heavy atom. The lowest BCUT2D eigenvalue weighted by atomic mass is 9.86. The number of ether oxygens (including phenoxy) is 1. The smallest absolute Gasteiger partial charge is 0.337 e. The average molecular weight is 551 g/mol. The average Bonchev–Trinajstić information content (AvgIpc) is 2.94. The molecule has 2 aromatic carbocycles. The number of nitrogens with zero attached hydrogens (tertiary/aromatic N) is 1. The molecular weight excluding hydrogens is 508 g/mol. The fourth-order valence-corrected chi connectivity index (χ4v) is 5.57. The number of nitrogens with one attached hydrogen (secondary N) is 1. The van der Waals surface area contributed by atoms with Gasteiger partial charge in [-0.1, -0.05) is 56.4 Å². The third-order valence-corrected chi connectivity index (χ3v) is 7.77. The predicted molar refractivity (Wildman–Crippen MR) is 171 cm³/mol. The number of carboxylic acids is 1. The summed E-state index contributed by atoms with van der Waals surface area (Å²) in [5.41, 5.74) is 9.86. The molecule has 2 unspecified atom stereocenters. The van der Waals surface area contributed by atoms with E-state index in [4.69, 9.17) is 4.74 Å². The van der Waals surface area contributed by atoms with Crippen molar-refractivity contribution in [1.29, 1.82) is 0 Å². The summed E-state index contributed by atoms with van der Waals surface area (Å²) in [4.78, 5) is 16.4. The lowest BCUT2D eigenvalue weighted by molar-refractivity contribution is 0.0698. The molecule has 0 saturated carbocycles. The Labute approximate surface area is 244 Å². The van der Waals surface area contributed by atoms with Crippen LogP contribution in [0.5, 0.6) is 5.75 Å². The first-order valence-electron chi connectivity index (χ1n) is 14.6. The number of carboxylic acid groups (broad SMARTS) is 1. The molecule has 41 heavy (non-hydrogen) atoms. The lowest BCUT2D eigenvalue weighted by Gasteiger charge is -2.30. The Balaban J connectivity index is 1.80. The third-order valence-electron chi connectivity index (χ3n) is 7.77. The number of aliphatic imine (C=N–C) groups is 1. The molecule has 0 fully saturated rings. The van der Waals surface area contributed by atoms with Crippen molar-refractivity contribution < 1.29 is 14.6 Å². The fraction of sp³-hybridized carbons (Fsp3) is 0.333. The van der Waals surface area contributed by atoms with E-state index in [9.17, 15) is 9.90 Å². The highest BCUT2D eigenvalue weighted by atomic mass is 16.5. The van der Waals surface area contributed by atoms with E-state index >= 15 is 0 Å². The normalized spacial score (nSPS) is 21.1. The van der Waals surface area contributed by atoms with Crippen LogP contribution in [0.3, 0.4) is 0 Å². The summed E-state index contributed by atoms with van der Waals surface area (Å²) in [5, 5.41) is 13.2. The molecule has 0 amide bonds. The maximum atomic E-state index is 11.9. The topological polar surface area (TPSA) is 70.9 Å². The zero-order chi connectivity index (χ0) is 29.7. The summed E-state index contributed by atoms with van der Waals surface area (Å²) in [6, 6.07) is 11.1. The number of benzene rings is 2. The molecule has 2 aromatic rings. The van der Waals surface area contributed by atoms with Crippen LogP contribution in [0, 0.1) is 12.8 Å². The van der Waals surface area contributed by atoms with E-state index in [-0.39, 0.29) is 11.6 Å². The van der Waals surface area contributed by atoms with Gasteiger partial charge in [-0.05, 0) is 99.4 Å². The molecule has 5 heteroatoms. The molecule has 1 aliphatic carbocycles. The Morgan fingerprint density at radius 1 is 1.17 bits per heavy atom. The molecule has 0 spiro atoms. The van der Waals surface area contributed by atoms with Crippen LogP contribution in [0.15, 0.2) is 93.7 Å². The highest BCUT2D eigenvalue weighted by molar-refractivity contribution is 5.94. The molecule has 0 saturated heterocycles. The number of hydrogen-bond donors (Lipinski definition) is 2. The first kappa shape index (κ1) is 29.9. The van der Waals surface area contributed by atoms with Crippen molar-refractivity contribution in [3.8, 4) is 5.75 Å². The first-order valence-corrected chi connectivity index (χ1v) is 14.6. The van der Waals surface area contributed by atoms with Gasteiger partial charge in [0.25, 0.3) is 0 Å². The minimum absolute atomic E-state index is 0.195. The van der Waals surface area contributed by atoms with Gasteiger partial charge in [0, 0.05) is 35.1 Å². The second-order valence-electron chi connectivity index (χ2n) is 10.9. The van der Waals surface area contributed by atoms with Gasteiger partial charge in [0.05, 0.1) is 11.6 Å². The van der Waals surface area contributed by atoms with Gasteiger partial charge in [0.2, 0.25) is 0 Å². The second kappa shape index (κ2) is 13.0. The van der Waals surface area contributed by atoms with Crippen LogP contribution in [0.2, 0.25) is 0 Å². The molecule has 214 valence electrons. The molecule has 2 atom stereocenters. The number of hydrogen-bond acceptors (Lipinski definition) is 4. The van der Waals surface area contributed by atoms with Gasteiger partial charge in [0.15, 0.2) is 0 Å². The molecule has 0 bridgehead atoms. The number of anilines is 1. The maximum absolute atomic E-state index is 11.9. The third kappa shape index (κ3) is 6.45. The van der Waals surface area contributed by atoms with E-state index in [1.807, 2.05) is 18.3 Å². The quantitative estimate of drug-likeness (QED) is 0.321. The number of aryl methyl sites for hydroxylation is 1. The van der Waals surface area contributed by atoms with Crippen molar-refractivity contribution in [1.82, 2.24) is 0 Å². The van der Waals surface area contributed by atoms with Crippen LogP contribution in [0.25, 0.3) is 5.57 Å². The van der Waals surface area contributed by atoms with Gasteiger partial charge in [-0.3, -0.25) is 4.99 Å². The fourth-order valence-electron chi connectivity index (χ4n) is 5.57. The number of para-hydroxylation sites is 1. The maximum Gasteiger partial charge on any atom is 0.337 e. The van der Waals surface area contributed by atoms with Crippen LogP contribution >= 0.6 is 0 Å². The monoisotopic (exact) mass is 550 g/mol. The molecule has 1 heterocycles. The highest BCUT2D eigenvalue weighted by Gasteiger charge is 2.28. The van der Waals surface area contributed by atoms with E-state index < -0.39 is 5.97 Å². The van der Waals surface area contributed by atoms with Crippen molar-refractivity contribution in [3.63, 3.8) is 0 Å². The van der Waals surface area contributed by atoms with Gasteiger partial charge < -0.3 is 15.2 Å². The summed E-state index contributed by atoms with van der Waals surface area (Å²) in [6.45, 7) is 15.7. The molecule has 4 rings (SSSR count). The minimum Gasteiger partial charge on any atom is -0.478 e. The van der Waals surface area contributed by atoms with Crippen LogP contribution < -0.4 is 10.1 Å². The molecule has 2 aliphatic rings. The van der Waals surface area contributed by atoms with Crippen molar-refractivity contribution in [2.75, 3.05) is 11.9 Å². The molecule has 1 aliphatic heterocycles. The zero-order valence-electron chi connectivity index (χ0n) is 25.3. The van der Waals surface area contributed by atoms with Gasteiger partial charge >= 0.3 is 5.97 Å². The van der Waals surface area contributed by atoms with Crippen LogP contribution in [-0.4, -0.2) is 23.8 Å². The molecular formula is C36H42N2O3. The Morgan fingerprint density at radius 3 is 2.63 bits per heavy atom. The summed E-state index contributed by atoms with van der Waals surface area (Å²) in [6.07, 6.45) is 12.7. The molecule has 0 aromatic heterocycles. The lowest BCUT2D eigenvalue weighted by Crippen LogP contribution is -2.17. The number of carbonyl (C=O) groups is 1. The van der Waals surface area contributed by atoms with Gasteiger partial charge in [0.1, 0.15) is 11.5 Å². The van der Waals surface area contributed by atoms with E-state index in [1.165, 1.54) is 16.7 Å². The van der Waals surface area contributed by atoms with Crippen molar-refractivity contribution in [2.24, 2.45) is 10.9 Å². The Kier molecular flexibility index (Phi) is 9.49. The van der Waals surface area contributed by atoms with E-state index in [2.05, 4.69) is 95.2 Å². The Hall–Kier alpha value is -4.12. The van der Waals surface area contributed by atoms with Crippen molar-refractivity contribution in [2.45, 2.75) is 67.3 Å². The SMILES string of the molecule is CC/C=C1C(C)=C(C2=C\CC(C)C(C=NCC)=C(C)/C=C\2)Oc2c/1cc(C)cc2C(C)Nc1ccccc1C(=O)O. The standard InChI is InChI=1S/C36H42N2O3/c1-8-12-28-25(6)34(27-17-15-23(4)32(21-37-9-2)24(5)16-18-27)41-35-30(19-22(3)20-31(28)35)26(7)38-33-14-11-10-13-29(33)36(39)40/h10-15,17-21,24,26,38H,8-9,16H2,1-7H3,(H,39,40)/b17-15-,27-18-,28-12-,32-23?,37-21?. The predicted octanol–water partition coefficient (Wildman–Crippen LogP) is 9.26. The second-order valence-corrected chi connectivity index (χ2v) is 10.9. The summed E-state index contributed by atoms with van der Waals surface area (Å²) >= 11 is 0. The molecule has 0 radical (unpaired) electrons. The summed E-state index contributed by atoms with van der Waals surface area (Å²) in [5.74, 6) is 1.06. The largest absolute Gasteiger partial charge is 0.478 e. The summed E-state index contributed by atoms with van der Waals surface area (Å²) < 4.78 is 6.86. The van der Waals surface area contributed by atoms with Crippen LogP contribution in [0.1, 0.15) is 87.5 Å². The van der Waals surface area contributed by atoms with Crippen molar-refractivity contribution >= 4 is 23.4 Å². The zero-order valence-corrected chi connectivity index (χ0v) is 25.3. The Bertz CT molecular complexity index is 1520. The molecule has 2 N–H and O–H groups in total. The van der Waals surface area contributed by atoms with Crippen LogP contribution in [0.4, 0.5) is 5.69 Å². The number of aromatic carboxylic acids is 1. The van der Waals surface area contributed by atoms with E-state index in [0.29, 0.717) is 11.6 Å². The van der Waals surface area contributed by atoms with E-state index in [0.717, 1.165) is 58.7 Å². The minimum atomic E-state index is -0.956. The van der Waals surface area contributed by atoms with Crippen molar-refractivity contribution in [3.05, 3.63) is 111 Å².